The highest BCUT2D eigenvalue weighted by Gasteiger charge is 2.44. The Hall–Kier alpha value is 0.590. The first-order valence-corrected chi connectivity index (χ1v) is 14.0. The molecule has 6 N–H and O–H groups in total. The van der Waals surface area contributed by atoms with E-state index in [-0.39, 0.29) is 4.90 Å². The van der Waals surface area contributed by atoms with Crippen LogP contribution in [0.2, 0.25) is 0 Å². The fourth-order valence-corrected chi connectivity index (χ4v) is 7.13. The summed E-state index contributed by atoms with van der Waals surface area (Å²) in [5.41, 5.74) is 0. The molecule has 6 atom stereocenters. The molecule has 0 spiro atoms. The van der Waals surface area contributed by atoms with Crippen molar-refractivity contribution in [2.75, 3.05) is 18.9 Å². The van der Waals surface area contributed by atoms with E-state index in [9.17, 15) is 42.1 Å². The molecule has 0 rings (SSSR count). The maximum Gasteiger partial charge on any atom is 0.703 e. The smallest absolute Gasteiger partial charge is 0.321 e. The van der Waals surface area contributed by atoms with E-state index in [1.165, 1.54) is 0 Å². The Labute approximate surface area is 141 Å². The second kappa shape index (κ2) is 10.2. The van der Waals surface area contributed by atoms with Crippen LogP contribution in [0.1, 0.15) is 0 Å². The monoisotopic (exact) mass is 488 g/mol. The molecule has 16 nitrogen and oxygen atoms in total. The van der Waals surface area contributed by atoms with Crippen molar-refractivity contribution in [3.8, 4) is 0 Å². The summed E-state index contributed by atoms with van der Waals surface area (Å²) in [5, 5.41) is 0. The van der Waals surface area contributed by atoms with Crippen molar-refractivity contribution < 1.29 is 69.7 Å². The van der Waals surface area contributed by atoms with Crippen LogP contribution < -0.4 is 0 Å². The Bertz CT molecular complexity index is 582. The Morgan fingerprint density at radius 3 is 1.00 bits per heavy atom. The number of nitrogens with zero attached hydrogens (tertiary/aromatic N) is 1. The Kier molecular flexibility index (Phi) is 10.5. The molecule has 0 aromatic carbocycles. The first-order chi connectivity index (χ1) is 11.0. The molecule has 0 fully saturated rings. The topological polar surface area (TPSA) is 255 Å². The van der Waals surface area contributed by atoms with E-state index in [0.29, 0.717) is 0 Å². The van der Waals surface area contributed by atoms with Gasteiger partial charge >= 0.3 is 47.6 Å². The standard InChI is InChI=1S/C3H9NO15P6/c5-20(6)17-23(11,12)1-4(2-24(13,14)18-21(7)8)3-25(15,16)19-22(9)10/h1-3H2,(H3-3,5,6,7,8,9,10,11,12,13,14,15,16)/p+3. The molecule has 0 aromatic heterocycles. The van der Waals surface area contributed by atoms with Crippen molar-refractivity contribution in [3.63, 3.8) is 0 Å². The number of hydrogen-bond acceptors (Lipinski definition) is 10. The molecule has 0 amide bonds. The van der Waals surface area contributed by atoms with E-state index < -0.39 is 66.4 Å². The van der Waals surface area contributed by atoms with Crippen molar-refractivity contribution in [2.45, 2.75) is 0 Å². The summed E-state index contributed by atoms with van der Waals surface area (Å²) < 4.78 is 77.2. The van der Waals surface area contributed by atoms with Crippen LogP contribution in [0.3, 0.4) is 0 Å². The maximum atomic E-state index is 11.6. The van der Waals surface area contributed by atoms with Gasteiger partial charge in [0.25, 0.3) is 0 Å². The van der Waals surface area contributed by atoms with Crippen LogP contribution in [-0.4, -0.2) is 53.1 Å². The van der Waals surface area contributed by atoms with Crippen LogP contribution >= 0.6 is 47.6 Å². The van der Waals surface area contributed by atoms with E-state index in [0.717, 1.165) is 0 Å². The second-order valence-corrected chi connectivity index (χ2v) is 12.0. The molecule has 0 saturated heterocycles. The van der Waals surface area contributed by atoms with Crippen molar-refractivity contribution >= 4 is 47.6 Å². The lowest BCUT2D eigenvalue weighted by atomic mass is 11.0. The van der Waals surface area contributed by atoms with Crippen LogP contribution in [0.15, 0.2) is 0 Å². The molecule has 0 aliphatic carbocycles. The Morgan fingerprint density at radius 2 is 0.840 bits per heavy atom. The van der Waals surface area contributed by atoms with E-state index >= 15 is 0 Å². The average Bonchev–Trinajstić information content (AvgIpc) is 2.18. The van der Waals surface area contributed by atoms with E-state index in [1.807, 2.05) is 0 Å². The van der Waals surface area contributed by atoms with Crippen LogP contribution in [0.5, 0.6) is 0 Å². The lowest BCUT2D eigenvalue weighted by molar-refractivity contribution is 0.279. The van der Waals surface area contributed by atoms with Gasteiger partial charge in [0.05, 0.1) is 0 Å². The molecule has 0 aromatic rings. The lowest BCUT2D eigenvalue weighted by Crippen LogP contribution is -2.28. The van der Waals surface area contributed by atoms with Crippen LogP contribution in [0.4, 0.5) is 0 Å². The molecule has 0 heterocycles. The van der Waals surface area contributed by atoms with Gasteiger partial charge in [0.2, 0.25) is 0 Å². The van der Waals surface area contributed by atoms with Gasteiger partial charge in [-0.1, -0.05) is 0 Å². The highest BCUT2D eigenvalue weighted by atomic mass is 31.2. The third-order valence-corrected chi connectivity index (χ3v) is 8.74. The summed E-state index contributed by atoms with van der Waals surface area (Å²) in [6, 6.07) is 0. The van der Waals surface area contributed by atoms with Crippen molar-refractivity contribution in [1.82, 2.24) is 4.90 Å². The molecule has 25 heavy (non-hydrogen) atoms. The molecule has 0 saturated carbocycles. The number of hydrogen-bond donors (Lipinski definition) is 6. The summed E-state index contributed by atoms with van der Waals surface area (Å²) in [4.78, 5) is 53.4. The lowest BCUT2D eigenvalue weighted by Gasteiger charge is -2.22. The average molecular weight is 488 g/mol. The maximum absolute atomic E-state index is 11.6. The van der Waals surface area contributed by atoms with Crippen molar-refractivity contribution in [2.24, 2.45) is 0 Å². The molecular formula is C3H12NO15P6+3. The minimum atomic E-state index is -5.00. The third-order valence-electron chi connectivity index (χ3n) is 1.73. The zero-order valence-electron chi connectivity index (χ0n) is 11.6. The first kappa shape index (κ1) is 25.6. The van der Waals surface area contributed by atoms with Crippen LogP contribution in [0, 0.1) is 0 Å². The van der Waals surface area contributed by atoms with Crippen LogP contribution in [-0.2, 0) is 40.3 Å². The van der Waals surface area contributed by atoms with Gasteiger partial charge in [0.1, 0.15) is 18.9 Å². The van der Waals surface area contributed by atoms with Gasteiger partial charge < -0.3 is 14.7 Å². The van der Waals surface area contributed by atoms with E-state index in [1.54, 1.807) is 0 Å². The van der Waals surface area contributed by atoms with E-state index in [4.69, 9.17) is 14.7 Å². The highest BCUT2D eigenvalue weighted by molar-refractivity contribution is 7.61. The van der Waals surface area contributed by atoms with Gasteiger partial charge in [0, 0.05) is 13.7 Å². The fraction of sp³-hybridized carbons (Fsp3) is 1.00. The molecular weight excluding hydrogens is 476 g/mol. The van der Waals surface area contributed by atoms with Crippen molar-refractivity contribution in [1.29, 1.82) is 0 Å². The van der Waals surface area contributed by atoms with Gasteiger partial charge in [-0.25, -0.2) is 0 Å². The molecule has 0 aliphatic heterocycles. The second-order valence-electron chi connectivity index (χ2n) is 3.97. The van der Waals surface area contributed by atoms with Gasteiger partial charge in [-0.3, -0.25) is 18.6 Å². The summed E-state index contributed by atoms with van der Waals surface area (Å²) in [6.07, 6.45) is -4.25. The first-order valence-electron chi connectivity index (χ1n) is 5.29. The normalized spacial score (nSPS) is 21.0. The summed E-state index contributed by atoms with van der Waals surface area (Å²) in [7, 11) is -25.8. The van der Waals surface area contributed by atoms with Gasteiger partial charge in [-0.05, 0) is 12.9 Å². The van der Waals surface area contributed by atoms with Gasteiger partial charge in [0.15, 0.2) is 0 Å². The van der Waals surface area contributed by atoms with Gasteiger partial charge in [-0.2, -0.15) is 0 Å². The molecule has 0 aliphatic rings. The zero-order valence-corrected chi connectivity index (χ0v) is 17.0. The molecule has 146 valence electrons. The highest BCUT2D eigenvalue weighted by Crippen LogP contribution is 2.57. The molecule has 22 heteroatoms. The SMILES string of the molecule is O=[P+](O)OP(=O)(O)CN(CP(=O)(O)O[P+](=O)O)CP(=O)(O)O[P+](=O)O. The minimum Gasteiger partial charge on any atom is -0.321 e. The van der Waals surface area contributed by atoms with Crippen molar-refractivity contribution in [3.05, 3.63) is 0 Å². The summed E-state index contributed by atoms with van der Waals surface area (Å²) in [6.45, 7) is 0. The quantitative estimate of drug-likeness (QED) is 0.207. The zero-order chi connectivity index (χ0) is 20.1. The number of rotatable bonds is 12. The Balaban J connectivity index is 5.44. The van der Waals surface area contributed by atoms with Crippen LogP contribution in [0.25, 0.3) is 0 Å². The molecule has 0 radical (unpaired) electrons. The Morgan fingerprint density at radius 1 is 0.640 bits per heavy atom. The summed E-state index contributed by atoms with van der Waals surface area (Å²) in [5.74, 6) is 0. The minimum absolute atomic E-state index is 0.166. The van der Waals surface area contributed by atoms with E-state index in [2.05, 4.69) is 12.9 Å². The molecule has 0 bridgehead atoms. The third kappa shape index (κ3) is 13.4. The predicted molar refractivity (Wildman–Crippen MR) is 78.6 cm³/mol. The van der Waals surface area contributed by atoms with Gasteiger partial charge in [-0.15, -0.1) is 14.7 Å². The molecule has 6 unspecified atom stereocenters. The largest absolute Gasteiger partial charge is 0.703 e. The summed E-state index contributed by atoms with van der Waals surface area (Å²) >= 11 is 0. The fourth-order valence-electron chi connectivity index (χ4n) is 1.30. The predicted octanol–water partition coefficient (Wildman–Crippen LogP) is 0.716.